The van der Waals surface area contributed by atoms with E-state index in [1.165, 1.54) is 0 Å². The molecule has 0 aliphatic heterocycles. The van der Waals surface area contributed by atoms with Crippen LogP contribution in [-0.2, 0) is 10.0 Å². The molecular formula is C14H23NO3S. The summed E-state index contributed by atoms with van der Waals surface area (Å²) in [7, 11) is -3.60. The molecule has 4 nitrogen and oxygen atoms in total. The van der Waals surface area contributed by atoms with Crippen LogP contribution in [0.5, 0.6) is 0 Å². The van der Waals surface area contributed by atoms with Crippen molar-refractivity contribution in [3.63, 3.8) is 0 Å². The molecule has 108 valence electrons. The van der Waals surface area contributed by atoms with Crippen LogP contribution in [0, 0.1) is 34.6 Å². The molecule has 1 rings (SSSR count). The van der Waals surface area contributed by atoms with Crippen LogP contribution in [0.4, 0.5) is 0 Å². The molecule has 19 heavy (non-hydrogen) atoms. The predicted octanol–water partition coefficient (Wildman–Crippen LogP) is 1.89. The molecule has 5 heteroatoms. The molecule has 0 amide bonds. The Balaban J connectivity index is 3.52. The van der Waals surface area contributed by atoms with Gasteiger partial charge in [0.1, 0.15) is 0 Å². The summed E-state index contributed by atoms with van der Waals surface area (Å²) in [5, 5.41) is 9.01. The zero-order chi connectivity index (χ0) is 15.0. The maximum atomic E-state index is 12.4. The normalized spacial score (nSPS) is 13.6. The van der Waals surface area contributed by atoms with Crippen LogP contribution >= 0.6 is 0 Å². The summed E-state index contributed by atoms with van der Waals surface area (Å²) in [6.45, 7) is 10.9. The molecule has 0 fully saturated rings. The number of nitrogens with one attached hydrogen (secondary N) is 1. The standard InChI is InChI=1S/C14H23NO3S/c1-8(7-16)15-19(17,18)14-12(5)10(3)9(2)11(4)13(14)6/h8,15-16H,7H2,1-6H3/t8-/m0/s1. The van der Waals surface area contributed by atoms with Crippen molar-refractivity contribution in [2.75, 3.05) is 6.61 Å². The van der Waals surface area contributed by atoms with Gasteiger partial charge in [-0.15, -0.1) is 0 Å². The van der Waals surface area contributed by atoms with Crippen molar-refractivity contribution in [3.8, 4) is 0 Å². The van der Waals surface area contributed by atoms with Gasteiger partial charge in [0.2, 0.25) is 10.0 Å². The monoisotopic (exact) mass is 285 g/mol. The molecule has 1 aromatic carbocycles. The van der Waals surface area contributed by atoms with Gasteiger partial charge in [-0.25, -0.2) is 13.1 Å². The van der Waals surface area contributed by atoms with E-state index in [-0.39, 0.29) is 6.61 Å². The first-order valence-electron chi connectivity index (χ1n) is 6.33. The van der Waals surface area contributed by atoms with Crippen molar-refractivity contribution in [1.82, 2.24) is 4.72 Å². The van der Waals surface area contributed by atoms with Crippen LogP contribution in [0.2, 0.25) is 0 Å². The van der Waals surface area contributed by atoms with Crippen molar-refractivity contribution < 1.29 is 13.5 Å². The molecular weight excluding hydrogens is 262 g/mol. The molecule has 0 bridgehead atoms. The fourth-order valence-corrected chi connectivity index (χ4v) is 4.06. The van der Waals surface area contributed by atoms with E-state index in [0.717, 1.165) is 27.8 Å². The molecule has 0 aliphatic carbocycles. The average molecular weight is 285 g/mol. The van der Waals surface area contributed by atoms with Gasteiger partial charge in [-0.2, -0.15) is 0 Å². The Hall–Kier alpha value is -0.910. The second-order valence-corrected chi connectivity index (χ2v) is 6.81. The van der Waals surface area contributed by atoms with Crippen LogP contribution in [0.15, 0.2) is 4.90 Å². The molecule has 0 unspecified atom stereocenters. The van der Waals surface area contributed by atoms with E-state index in [9.17, 15) is 8.42 Å². The van der Waals surface area contributed by atoms with E-state index in [0.29, 0.717) is 4.90 Å². The molecule has 0 heterocycles. The number of sulfonamides is 1. The van der Waals surface area contributed by atoms with Gasteiger partial charge in [0.25, 0.3) is 0 Å². The Kier molecular flexibility index (Phi) is 4.76. The Morgan fingerprint density at radius 3 is 1.68 bits per heavy atom. The summed E-state index contributed by atoms with van der Waals surface area (Å²) < 4.78 is 27.4. The highest BCUT2D eigenvalue weighted by atomic mass is 32.2. The lowest BCUT2D eigenvalue weighted by atomic mass is 9.95. The Labute approximate surface area is 115 Å². The van der Waals surface area contributed by atoms with Gasteiger partial charge in [0.05, 0.1) is 11.5 Å². The molecule has 0 radical (unpaired) electrons. The minimum absolute atomic E-state index is 0.221. The second-order valence-electron chi connectivity index (χ2n) is 5.16. The van der Waals surface area contributed by atoms with Crippen molar-refractivity contribution >= 4 is 10.0 Å². The SMILES string of the molecule is Cc1c(C)c(C)c(S(=O)(=O)N[C@@H](C)CO)c(C)c1C. The zero-order valence-electron chi connectivity index (χ0n) is 12.5. The quantitative estimate of drug-likeness (QED) is 0.888. The average Bonchev–Trinajstić information content (AvgIpc) is 2.33. The zero-order valence-corrected chi connectivity index (χ0v) is 13.3. The smallest absolute Gasteiger partial charge is 0.241 e. The third-order valence-corrected chi connectivity index (χ3v) is 5.69. The number of aliphatic hydroxyl groups excluding tert-OH is 1. The van der Waals surface area contributed by atoms with Gasteiger partial charge < -0.3 is 5.11 Å². The van der Waals surface area contributed by atoms with Crippen molar-refractivity contribution in [3.05, 3.63) is 27.8 Å². The number of aliphatic hydroxyl groups is 1. The molecule has 0 aromatic heterocycles. The minimum Gasteiger partial charge on any atom is -0.395 e. The lowest BCUT2D eigenvalue weighted by Crippen LogP contribution is -2.36. The number of benzene rings is 1. The van der Waals surface area contributed by atoms with Gasteiger partial charge in [-0.05, 0) is 69.4 Å². The second kappa shape index (κ2) is 5.61. The van der Waals surface area contributed by atoms with Gasteiger partial charge in [0, 0.05) is 6.04 Å². The molecule has 2 N–H and O–H groups in total. The lowest BCUT2D eigenvalue weighted by molar-refractivity contribution is 0.265. The van der Waals surface area contributed by atoms with E-state index >= 15 is 0 Å². The molecule has 1 atom stereocenters. The number of hydrogen-bond acceptors (Lipinski definition) is 3. The fraction of sp³-hybridized carbons (Fsp3) is 0.571. The lowest BCUT2D eigenvalue weighted by Gasteiger charge is -2.20. The number of rotatable bonds is 4. The van der Waals surface area contributed by atoms with E-state index < -0.39 is 16.1 Å². The Bertz CT molecular complexity index is 562. The minimum atomic E-state index is -3.60. The first kappa shape index (κ1) is 16.1. The maximum absolute atomic E-state index is 12.4. The summed E-state index contributed by atoms with van der Waals surface area (Å²) in [6.07, 6.45) is 0. The van der Waals surface area contributed by atoms with E-state index in [2.05, 4.69) is 4.72 Å². The molecule has 0 spiro atoms. The molecule has 0 saturated heterocycles. The van der Waals surface area contributed by atoms with Gasteiger partial charge in [-0.1, -0.05) is 0 Å². The molecule has 0 saturated carbocycles. The summed E-state index contributed by atoms with van der Waals surface area (Å²) in [4.78, 5) is 0.341. The number of hydrogen-bond donors (Lipinski definition) is 2. The molecule has 0 aliphatic rings. The van der Waals surface area contributed by atoms with Crippen LogP contribution in [-0.4, -0.2) is 26.2 Å². The van der Waals surface area contributed by atoms with E-state index in [4.69, 9.17) is 5.11 Å². The first-order valence-corrected chi connectivity index (χ1v) is 7.82. The third-order valence-electron chi connectivity index (χ3n) is 3.83. The van der Waals surface area contributed by atoms with Crippen LogP contribution < -0.4 is 4.72 Å². The summed E-state index contributed by atoms with van der Waals surface area (Å²) in [6, 6.07) is -0.495. The predicted molar refractivity (Wildman–Crippen MR) is 77.0 cm³/mol. The molecule has 1 aromatic rings. The van der Waals surface area contributed by atoms with E-state index in [1.54, 1.807) is 6.92 Å². The highest BCUT2D eigenvalue weighted by molar-refractivity contribution is 7.89. The fourth-order valence-electron chi connectivity index (χ4n) is 2.23. The summed E-state index contributed by atoms with van der Waals surface area (Å²) in [5.74, 6) is 0. The highest BCUT2D eigenvalue weighted by Gasteiger charge is 2.24. The van der Waals surface area contributed by atoms with Crippen molar-refractivity contribution in [2.24, 2.45) is 0 Å². The van der Waals surface area contributed by atoms with Gasteiger partial charge in [-0.3, -0.25) is 0 Å². The highest BCUT2D eigenvalue weighted by Crippen LogP contribution is 2.29. The largest absolute Gasteiger partial charge is 0.395 e. The van der Waals surface area contributed by atoms with E-state index in [1.807, 2.05) is 34.6 Å². The first-order chi connectivity index (χ1) is 8.63. The maximum Gasteiger partial charge on any atom is 0.241 e. The van der Waals surface area contributed by atoms with Crippen molar-refractivity contribution in [2.45, 2.75) is 52.5 Å². The topological polar surface area (TPSA) is 66.4 Å². The van der Waals surface area contributed by atoms with Crippen LogP contribution in [0.3, 0.4) is 0 Å². The summed E-state index contributed by atoms with van der Waals surface area (Å²) >= 11 is 0. The Morgan fingerprint density at radius 1 is 0.947 bits per heavy atom. The van der Waals surface area contributed by atoms with Crippen LogP contribution in [0.1, 0.15) is 34.7 Å². The van der Waals surface area contributed by atoms with Gasteiger partial charge >= 0.3 is 0 Å². The Morgan fingerprint density at radius 2 is 1.32 bits per heavy atom. The summed E-state index contributed by atoms with van der Waals surface area (Å²) in [5.41, 5.74) is 4.68. The van der Waals surface area contributed by atoms with Crippen LogP contribution in [0.25, 0.3) is 0 Å². The van der Waals surface area contributed by atoms with Crippen molar-refractivity contribution in [1.29, 1.82) is 0 Å². The van der Waals surface area contributed by atoms with Gasteiger partial charge in [0.15, 0.2) is 0 Å². The third kappa shape index (κ3) is 2.99.